The fraction of sp³-hybridized carbons (Fsp3) is 0.200. The average Bonchev–Trinajstić information content (AvgIpc) is 2.98. The van der Waals surface area contributed by atoms with Gasteiger partial charge in [0.25, 0.3) is 0 Å². The summed E-state index contributed by atoms with van der Waals surface area (Å²) in [4.78, 5) is 2.23. The summed E-state index contributed by atoms with van der Waals surface area (Å²) in [6, 6.07) is 12.6. The van der Waals surface area contributed by atoms with Crippen LogP contribution in [0, 0.1) is 0 Å². The summed E-state index contributed by atoms with van der Waals surface area (Å²) in [5, 5.41) is 11.1. The van der Waals surface area contributed by atoms with Crippen LogP contribution in [0.4, 0.5) is 5.69 Å². The summed E-state index contributed by atoms with van der Waals surface area (Å²) < 4.78 is 4.87. The smallest absolute Gasteiger partial charge is 0.159 e. The number of anilines is 1. The summed E-state index contributed by atoms with van der Waals surface area (Å²) in [6.45, 7) is 2.16. The van der Waals surface area contributed by atoms with E-state index in [9.17, 15) is 0 Å². The molecule has 0 radical (unpaired) electrons. The second-order valence-electron chi connectivity index (χ2n) is 4.42. The molecule has 0 spiro atoms. The van der Waals surface area contributed by atoms with Crippen LogP contribution in [0.1, 0.15) is 12.5 Å². The van der Waals surface area contributed by atoms with Gasteiger partial charge in [0.2, 0.25) is 0 Å². The summed E-state index contributed by atoms with van der Waals surface area (Å²) in [7, 11) is 1.86. The van der Waals surface area contributed by atoms with E-state index in [1.54, 1.807) is 11.8 Å². The monoisotopic (exact) mass is 285 g/mol. The number of nitrogens with one attached hydrogen (secondary N) is 1. The maximum absolute atomic E-state index is 4.87. The minimum absolute atomic E-state index is 0.766. The SMILES string of the molecule is CCc1ccc(Sc2ccc(NC)c3nonc23)cc1. The second kappa shape index (κ2) is 5.54. The molecule has 20 heavy (non-hydrogen) atoms. The van der Waals surface area contributed by atoms with Crippen LogP contribution in [0.2, 0.25) is 0 Å². The first-order valence-electron chi connectivity index (χ1n) is 6.51. The number of hydrogen-bond acceptors (Lipinski definition) is 5. The molecule has 0 saturated carbocycles. The number of hydrogen-bond donors (Lipinski definition) is 1. The molecule has 0 aliphatic heterocycles. The van der Waals surface area contributed by atoms with Crippen LogP contribution in [0.5, 0.6) is 0 Å². The van der Waals surface area contributed by atoms with E-state index in [1.165, 1.54) is 10.5 Å². The third-order valence-corrected chi connectivity index (χ3v) is 4.26. The first kappa shape index (κ1) is 13.0. The summed E-state index contributed by atoms with van der Waals surface area (Å²) >= 11 is 1.67. The minimum atomic E-state index is 0.766. The molecule has 0 aliphatic carbocycles. The van der Waals surface area contributed by atoms with Crippen molar-refractivity contribution in [3.8, 4) is 0 Å². The van der Waals surface area contributed by atoms with Gasteiger partial charge in [0.05, 0.1) is 5.69 Å². The Labute approximate surface area is 121 Å². The molecular formula is C15H15N3OS. The van der Waals surface area contributed by atoms with Crippen LogP contribution < -0.4 is 5.32 Å². The van der Waals surface area contributed by atoms with Crippen molar-refractivity contribution in [1.82, 2.24) is 10.3 Å². The second-order valence-corrected chi connectivity index (χ2v) is 5.54. The van der Waals surface area contributed by atoms with Crippen LogP contribution >= 0.6 is 11.8 Å². The highest BCUT2D eigenvalue weighted by Crippen LogP contribution is 2.34. The van der Waals surface area contributed by atoms with Crippen LogP contribution in [0.3, 0.4) is 0 Å². The molecule has 0 saturated heterocycles. The first-order valence-corrected chi connectivity index (χ1v) is 7.33. The van der Waals surface area contributed by atoms with Crippen LogP contribution in [-0.4, -0.2) is 17.4 Å². The van der Waals surface area contributed by atoms with Gasteiger partial charge < -0.3 is 5.32 Å². The molecule has 0 fully saturated rings. The Balaban J connectivity index is 1.96. The predicted octanol–water partition coefficient (Wildman–Crippen LogP) is 3.98. The molecule has 0 amide bonds. The normalized spacial score (nSPS) is 10.9. The lowest BCUT2D eigenvalue weighted by atomic mass is 10.2. The molecule has 0 unspecified atom stereocenters. The van der Waals surface area contributed by atoms with Gasteiger partial charge in [0.15, 0.2) is 11.0 Å². The Morgan fingerprint density at radius 2 is 1.80 bits per heavy atom. The van der Waals surface area contributed by atoms with Gasteiger partial charge >= 0.3 is 0 Å². The Morgan fingerprint density at radius 1 is 1.05 bits per heavy atom. The van der Waals surface area contributed by atoms with Gasteiger partial charge in [-0.2, -0.15) is 0 Å². The van der Waals surface area contributed by atoms with Crippen molar-refractivity contribution in [2.24, 2.45) is 0 Å². The van der Waals surface area contributed by atoms with Crippen LogP contribution in [0.25, 0.3) is 11.0 Å². The number of aryl methyl sites for hydroxylation is 1. The number of benzene rings is 2. The predicted molar refractivity (Wildman–Crippen MR) is 81.3 cm³/mol. The Kier molecular flexibility index (Phi) is 3.60. The Bertz CT molecular complexity index is 722. The zero-order chi connectivity index (χ0) is 13.9. The van der Waals surface area contributed by atoms with E-state index in [-0.39, 0.29) is 0 Å². The number of nitrogens with zero attached hydrogens (tertiary/aromatic N) is 2. The molecular weight excluding hydrogens is 270 g/mol. The van der Waals surface area contributed by atoms with Gasteiger partial charge in [-0.1, -0.05) is 30.8 Å². The molecule has 3 rings (SSSR count). The van der Waals surface area contributed by atoms with E-state index in [0.29, 0.717) is 0 Å². The standard InChI is InChI=1S/C15H15N3OS/c1-3-10-4-6-11(7-5-10)20-13-9-8-12(16-2)14-15(13)18-19-17-14/h4-9,16H,3H2,1-2H3. The fourth-order valence-electron chi connectivity index (χ4n) is 2.05. The van der Waals surface area contributed by atoms with Gasteiger partial charge in [0, 0.05) is 16.8 Å². The van der Waals surface area contributed by atoms with Crippen molar-refractivity contribution in [3.05, 3.63) is 42.0 Å². The first-order chi connectivity index (χ1) is 9.81. The van der Waals surface area contributed by atoms with Crippen molar-refractivity contribution < 1.29 is 4.63 Å². The molecule has 5 heteroatoms. The highest BCUT2D eigenvalue weighted by Gasteiger charge is 2.12. The lowest BCUT2D eigenvalue weighted by molar-refractivity contribution is 0.315. The largest absolute Gasteiger partial charge is 0.386 e. The maximum Gasteiger partial charge on any atom is 0.159 e. The van der Waals surface area contributed by atoms with Gasteiger partial charge in [-0.25, -0.2) is 4.63 Å². The zero-order valence-electron chi connectivity index (χ0n) is 11.4. The number of rotatable bonds is 4. The van der Waals surface area contributed by atoms with E-state index in [4.69, 9.17) is 4.63 Å². The minimum Gasteiger partial charge on any atom is -0.386 e. The van der Waals surface area contributed by atoms with Crippen LogP contribution in [-0.2, 0) is 6.42 Å². The van der Waals surface area contributed by atoms with Gasteiger partial charge in [0.1, 0.15) is 0 Å². The van der Waals surface area contributed by atoms with E-state index >= 15 is 0 Å². The van der Waals surface area contributed by atoms with Gasteiger partial charge in [-0.15, -0.1) is 0 Å². The third-order valence-electron chi connectivity index (χ3n) is 3.21. The van der Waals surface area contributed by atoms with Gasteiger partial charge in [-0.3, -0.25) is 0 Å². The lowest BCUT2D eigenvalue weighted by Crippen LogP contribution is -1.90. The van der Waals surface area contributed by atoms with Crippen molar-refractivity contribution in [2.75, 3.05) is 12.4 Å². The number of fused-ring (bicyclic) bond motifs is 1. The quantitative estimate of drug-likeness (QED) is 0.785. The zero-order valence-corrected chi connectivity index (χ0v) is 12.2. The maximum atomic E-state index is 4.87. The molecule has 1 aromatic heterocycles. The van der Waals surface area contributed by atoms with Crippen molar-refractivity contribution in [2.45, 2.75) is 23.1 Å². The molecule has 3 aromatic rings. The van der Waals surface area contributed by atoms with Crippen molar-refractivity contribution in [1.29, 1.82) is 0 Å². The summed E-state index contributed by atoms with van der Waals surface area (Å²) in [6.07, 6.45) is 1.05. The fourth-order valence-corrected chi connectivity index (χ4v) is 2.94. The topological polar surface area (TPSA) is 51.0 Å². The highest BCUT2D eigenvalue weighted by molar-refractivity contribution is 7.99. The third kappa shape index (κ3) is 2.36. The lowest BCUT2D eigenvalue weighted by Gasteiger charge is -2.05. The van der Waals surface area contributed by atoms with Crippen LogP contribution in [0.15, 0.2) is 50.8 Å². The highest BCUT2D eigenvalue weighted by atomic mass is 32.2. The van der Waals surface area contributed by atoms with E-state index in [2.05, 4.69) is 46.8 Å². The molecule has 2 aromatic carbocycles. The van der Waals surface area contributed by atoms with Gasteiger partial charge in [-0.05, 0) is 46.6 Å². The molecule has 102 valence electrons. The Hall–Kier alpha value is -2.01. The molecule has 1 N–H and O–H groups in total. The number of aromatic nitrogens is 2. The van der Waals surface area contributed by atoms with E-state index in [0.717, 1.165) is 28.0 Å². The summed E-state index contributed by atoms with van der Waals surface area (Å²) in [5.41, 5.74) is 3.82. The summed E-state index contributed by atoms with van der Waals surface area (Å²) in [5.74, 6) is 0. The Morgan fingerprint density at radius 3 is 2.50 bits per heavy atom. The van der Waals surface area contributed by atoms with Crippen molar-refractivity contribution >= 4 is 28.5 Å². The average molecular weight is 285 g/mol. The van der Waals surface area contributed by atoms with Crippen molar-refractivity contribution in [3.63, 3.8) is 0 Å². The molecule has 0 atom stereocenters. The molecule has 4 nitrogen and oxygen atoms in total. The molecule has 0 aliphatic rings. The molecule has 1 heterocycles. The van der Waals surface area contributed by atoms with E-state index < -0.39 is 0 Å². The van der Waals surface area contributed by atoms with E-state index in [1.807, 2.05) is 19.2 Å². The molecule has 0 bridgehead atoms.